The number of aryl methyl sites for hydroxylation is 2. The van der Waals surface area contributed by atoms with Gasteiger partial charge in [0.05, 0.1) is 12.5 Å². The van der Waals surface area contributed by atoms with Gasteiger partial charge in [0.15, 0.2) is 11.5 Å². The van der Waals surface area contributed by atoms with Crippen molar-refractivity contribution >= 4 is 21.6 Å². The molecule has 0 N–H and O–H groups in total. The maximum Gasteiger partial charge on any atom is 0.231 e. The number of methoxy groups -OCH3 is 1. The van der Waals surface area contributed by atoms with E-state index in [1.165, 1.54) is 16.9 Å². The molecule has 5 heteroatoms. The fraction of sp³-hybridized carbons (Fsp3) is 0.250. The number of hydrogen-bond donors (Lipinski definition) is 0. The summed E-state index contributed by atoms with van der Waals surface area (Å²) in [5, 5.41) is 1.07. The van der Waals surface area contributed by atoms with Crippen LogP contribution in [0.25, 0.3) is 10.2 Å². The summed E-state index contributed by atoms with van der Waals surface area (Å²) in [5.74, 6) is 2.01. The number of ether oxygens (including phenoxy) is 2. The van der Waals surface area contributed by atoms with E-state index in [1.54, 1.807) is 24.8 Å². The van der Waals surface area contributed by atoms with Crippen molar-refractivity contribution in [2.75, 3.05) is 7.11 Å². The second-order valence-electron chi connectivity index (χ2n) is 4.97. The molecular weight excluding hydrogens is 284 g/mol. The Kier molecular flexibility index (Phi) is 3.00. The van der Waals surface area contributed by atoms with Gasteiger partial charge in [0, 0.05) is 4.88 Å². The van der Waals surface area contributed by atoms with Gasteiger partial charge in [-0.3, -0.25) is 0 Å². The Bertz CT molecular complexity index is 813. The highest BCUT2D eigenvalue weighted by molar-refractivity contribution is 7.18. The molecule has 106 valence electrons. The standard InChI is InChI=1S/C16H14N2O2S/c1-19-11-6-2-3-7-12(11)20-15-14-10-5-4-8-13(10)21-16(14)18-9-17-15/h2-3,6-7,9H,4-5,8H2,1H3. The molecule has 2 heterocycles. The lowest BCUT2D eigenvalue weighted by Crippen LogP contribution is -1.94. The van der Waals surface area contributed by atoms with Crippen LogP contribution < -0.4 is 9.47 Å². The quantitative estimate of drug-likeness (QED) is 0.733. The van der Waals surface area contributed by atoms with E-state index in [2.05, 4.69) is 9.97 Å². The lowest BCUT2D eigenvalue weighted by atomic mass is 10.2. The minimum atomic E-state index is 0.629. The largest absolute Gasteiger partial charge is 0.493 e. The van der Waals surface area contributed by atoms with Crippen LogP contribution in [0.4, 0.5) is 0 Å². The summed E-state index contributed by atoms with van der Waals surface area (Å²) in [6, 6.07) is 7.61. The van der Waals surface area contributed by atoms with Crippen LogP contribution in [0.15, 0.2) is 30.6 Å². The molecular formula is C16H14N2O2S. The van der Waals surface area contributed by atoms with Gasteiger partial charge in [0.25, 0.3) is 0 Å². The lowest BCUT2D eigenvalue weighted by molar-refractivity contribution is 0.375. The van der Waals surface area contributed by atoms with Crippen LogP contribution >= 0.6 is 11.3 Å². The number of fused-ring (bicyclic) bond motifs is 3. The summed E-state index contributed by atoms with van der Waals surface area (Å²) in [7, 11) is 1.64. The molecule has 3 aromatic rings. The van der Waals surface area contributed by atoms with Crippen molar-refractivity contribution in [1.29, 1.82) is 0 Å². The van der Waals surface area contributed by atoms with Gasteiger partial charge in [-0.2, -0.15) is 0 Å². The van der Waals surface area contributed by atoms with E-state index < -0.39 is 0 Å². The van der Waals surface area contributed by atoms with Crippen LogP contribution in [0.1, 0.15) is 16.9 Å². The summed E-state index contributed by atoms with van der Waals surface area (Å²) in [5.41, 5.74) is 1.36. The highest BCUT2D eigenvalue weighted by Crippen LogP contribution is 2.41. The number of thiophene rings is 1. The maximum absolute atomic E-state index is 6.03. The summed E-state index contributed by atoms with van der Waals surface area (Å²) in [6.45, 7) is 0. The van der Waals surface area contributed by atoms with Gasteiger partial charge >= 0.3 is 0 Å². The molecule has 0 spiro atoms. The van der Waals surface area contributed by atoms with Crippen molar-refractivity contribution in [3.8, 4) is 17.4 Å². The molecule has 0 saturated heterocycles. The third kappa shape index (κ3) is 2.05. The number of benzene rings is 1. The fourth-order valence-electron chi connectivity index (χ4n) is 2.78. The Balaban J connectivity index is 1.83. The first-order chi connectivity index (χ1) is 10.4. The van der Waals surface area contributed by atoms with Crippen molar-refractivity contribution in [3.05, 3.63) is 41.0 Å². The van der Waals surface area contributed by atoms with Gasteiger partial charge in [-0.05, 0) is 37.0 Å². The highest BCUT2D eigenvalue weighted by atomic mass is 32.1. The van der Waals surface area contributed by atoms with Crippen molar-refractivity contribution < 1.29 is 9.47 Å². The molecule has 4 rings (SSSR count). The molecule has 1 aliphatic carbocycles. The Morgan fingerprint density at radius 2 is 1.95 bits per heavy atom. The van der Waals surface area contributed by atoms with E-state index in [-0.39, 0.29) is 0 Å². The maximum atomic E-state index is 6.03. The van der Waals surface area contributed by atoms with Gasteiger partial charge in [-0.1, -0.05) is 12.1 Å². The molecule has 21 heavy (non-hydrogen) atoms. The fourth-order valence-corrected chi connectivity index (χ4v) is 4.00. The number of nitrogens with zero attached hydrogens (tertiary/aromatic N) is 2. The molecule has 0 fully saturated rings. The first-order valence-corrected chi connectivity index (χ1v) is 7.74. The molecule has 1 aromatic carbocycles. The highest BCUT2D eigenvalue weighted by Gasteiger charge is 2.22. The third-order valence-electron chi connectivity index (χ3n) is 3.74. The molecule has 4 nitrogen and oxygen atoms in total. The zero-order chi connectivity index (χ0) is 14.2. The monoisotopic (exact) mass is 298 g/mol. The second kappa shape index (κ2) is 5.00. The average Bonchev–Trinajstić information content (AvgIpc) is 3.08. The summed E-state index contributed by atoms with van der Waals surface area (Å²) >= 11 is 1.76. The molecule has 0 bridgehead atoms. The predicted molar refractivity (Wildman–Crippen MR) is 82.5 cm³/mol. The molecule has 0 saturated carbocycles. The number of rotatable bonds is 3. The number of aromatic nitrogens is 2. The van der Waals surface area contributed by atoms with E-state index >= 15 is 0 Å². The van der Waals surface area contributed by atoms with E-state index in [4.69, 9.17) is 9.47 Å². The molecule has 0 unspecified atom stereocenters. The van der Waals surface area contributed by atoms with E-state index in [0.717, 1.165) is 23.1 Å². The third-order valence-corrected chi connectivity index (χ3v) is 4.94. The molecule has 0 atom stereocenters. The van der Waals surface area contributed by atoms with Gasteiger partial charge < -0.3 is 9.47 Å². The van der Waals surface area contributed by atoms with Gasteiger partial charge in [0.2, 0.25) is 5.88 Å². The van der Waals surface area contributed by atoms with Gasteiger partial charge in [-0.25, -0.2) is 9.97 Å². The van der Waals surface area contributed by atoms with Crippen LogP contribution in [0.3, 0.4) is 0 Å². The predicted octanol–water partition coefficient (Wildman–Crippen LogP) is 3.98. The molecule has 0 radical (unpaired) electrons. The van der Waals surface area contributed by atoms with Crippen molar-refractivity contribution in [1.82, 2.24) is 9.97 Å². The molecule has 0 aliphatic heterocycles. The second-order valence-corrected chi connectivity index (χ2v) is 6.05. The van der Waals surface area contributed by atoms with Gasteiger partial charge in [-0.15, -0.1) is 11.3 Å². The van der Waals surface area contributed by atoms with E-state index in [0.29, 0.717) is 17.4 Å². The zero-order valence-corrected chi connectivity index (χ0v) is 12.4. The summed E-state index contributed by atoms with van der Waals surface area (Å²) in [6.07, 6.45) is 5.01. The van der Waals surface area contributed by atoms with E-state index in [9.17, 15) is 0 Å². The molecule has 1 aliphatic rings. The van der Waals surface area contributed by atoms with Gasteiger partial charge in [0.1, 0.15) is 11.2 Å². The number of para-hydroxylation sites is 2. The zero-order valence-electron chi connectivity index (χ0n) is 11.6. The minimum absolute atomic E-state index is 0.629. The van der Waals surface area contributed by atoms with Crippen molar-refractivity contribution in [2.24, 2.45) is 0 Å². The first-order valence-electron chi connectivity index (χ1n) is 6.93. The Morgan fingerprint density at radius 1 is 1.10 bits per heavy atom. The Labute approximate surface area is 126 Å². The SMILES string of the molecule is COc1ccccc1Oc1ncnc2sc3c(c12)CCC3. The normalized spacial score (nSPS) is 13.4. The van der Waals surface area contributed by atoms with Crippen molar-refractivity contribution in [3.63, 3.8) is 0 Å². The molecule has 0 amide bonds. The minimum Gasteiger partial charge on any atom is -0.493 e. The Hall–Kier alpha value is -2.14. The summed E-state index contributed by atoms with van der Waals surface area (Å²) < 4.78 is 11.4. The average molecular weight is 298 g/mol. The molecule has 2 aromatic heterocycles. The first kappa shape index (κ1) is 12.6. The van der Waals surface area contributed by atoms with Crippen LogP contribution in [-0.4, -0.2) is 17.1 Å². The number of hydrogen-bond acceptors (Lipinski definition) is 5. The Morgan fingerprint density at radius 3 is 2.81 bits per heavy atom. The smallest absolute Gasteiger partial charge is 0.231 e. The van der Waals surface area contributed by atoms with Crippen LogP contribution in [0, 0.1) is 0 Å². The summed E-state index contributed by atoms with van der Waals surface area (Å²) in [4.78, 5) is 11.2. The van der Waals surface area contributed by atoms with E-state index in [1.807, 2.05) is 24.3 Å². The lowest BCUT2D eigenvalue weighted by Gasteiger charge is -2.10. The van der Waals surface area contributed by atoms with Crippen LogP contribution in [-0.2, 0) is 12.8 Å². The van der Waals surface area contributed by atoms with Crippen LogP contribution in [0.2, 0.25) is 0 Å². The topological polar surface area (TPSA) is 44.2 Å². The van der Waals surface area contributed by atoms with Crippen LogP contribution in [0.5, 0.6) is 17.4 Å². The van der Waals surface area contributed by atoms with Crippen molar-refractivity contribution in [2.45, 2.75) is 19.3 Å².